The summed E-state index contributed by atoms with van der Waals surface area (Å²) in [4.78, 5) is 0. The van der Waals surface area contributed by atoms with E-state index in [9.17, 15) is 0 Å². The smallest absolute Gasteiger partial charge is 0.0632 e. The molecule has 1 rings (SSSR count). The van der Waals surface area contributed by atoms with Gasteiger partial charge in [-0.15, -0.1) is 0 Å². The quantitative estimate of drug-likeness (QED) is 0.462. The molecule has 0 unspecified atom stereocenters. The lowest BCUT2D eigenvalue weighted by Crippen LogP contribution is -1.61. The van der Waals surface area contributed by atoms with E-state index in [0.717, 1.165) is 0 Å². The molecule has 0 N–H and O–H groups in total. The molecule has 28 valence electrons. The largest absolute Gasteiger partial charge is 0.216 e. The normalized spacial score (nSPS) is 22.4. The first-order valence-electron chi connectivity index (χ1n) is 1.76. The van der Waals surface area contributed by atoms with Gasteiger partial charge >= 0.3 is 0 Å². The average molecular weight is 87.1 g/mol. The van der Waals surface area contributed by atoms with E-state index < -0.39 is 0 Å². The molecule has 0 aliphatic heterocycles. The average Bonchev–Trinajstić information content (AvgIpc) is 2.12. The molecule has 1 saturated carbocycles. The van der Waals surface area contributed by atoms with E-state index in [2.05, 4.69) is 16.8 Å². The van der Waals surface area contributed by atoms with Gasteiger partial charge in [0.25, 0.3) is 0 Å². The Morgan fingerprint density at radius 3 is 2.20 bits per heavy atom. The third-order valence-corrected chi connectivity index (χ3v) is 0.994. The first kappa shape index (κ1) is 3.22. The van der Waals surface area contributed by atoms with Crippen molar-refractivity contribution < 1.29 is 0 Å². The van der Waals surface area contributed by atoms with Crippen molar-refractivity contribution in [3.8, 4) is 0 Å². The zero-order valence-corrected chi connectivity index (χ0v) is 3.66. The van der Waals surface area contributed by atoms with E-state index in [-0.39, 0.29) is 0 Å². The third-order valence-electron chi connectivity index (χ3n) is 0.696. The summed E-state index contributed by atoms with van der Waals surface area (Å²) >= 11 is 4.36. The first-order chi connectivity index (χ1) is 2.43. The van der Waals surface area contributed by atoms with Crippen LogP contribution in [0.15, 0.2) is 4.36 Å². The Morgan fingerprint density at radius 2 is 2.20 bits per heavy atom. The molecule has 0 saturated heterocycles. The van der Waals surface area contributed by atoms with Crippen LogP contribution in [-0.4, -0.2) is 6.04 Å². The van der Waals surface area contributed by atoms with Gasteiger partial charge in [0, 0.05) is 12.4 Å². The number of hydrogen-bond acceptors (Lipinski definition) is 2. The van der Waals surface area contributed by atoms with Crippen LogP contribution >= 0.6 is 0 Å². The highest BCUT2D eigenvalue weighted by atomic mass is 32.1. The molecular weight excluding hydrogens is 82.1 g/mol. The van der Waals surface area contributed by atoms with Crippen molar-refractivity contribution >= 4 is 12.4 Å². The van der Waals surface area contributed by atoms with Crippen molar-refractivity contribution in [1.82, 2.24) is 0 Å². The molecule has 0 bridgehead atoms. The molecule has 1 fully saturated rings. The Kier molecular flexibility index (Phi) is 0.651. The van der Waals surface area contributed by atoms with Gasteiger partial charge in [0.15, 0.2) is 0 Å². The van der Waals surface area contributed by atoms with Gasteiger partial charge in [-0.2, -0.15) is 0 Å². The summed E-state index contributed by atoms with van der Waals surface area (Å²) in [5.74, 6) is 0. The molecule has 1 nitrogen and oxygen atoms in total. The second-order valence-corrected chi connectivity index (χ2v) is 1.55. The van der Waals surface area contributed by atoms with Crippen molar-refractivity contribution in [1.29, 1.82) is 0 Å². The summed E-state index contributed by atoms with van der Waals surface area (Å²) in [6.07, 6.45) is 2.48. The molecule has 0 atom stereocenters. The van der Waals surface area contributed by atoms with Gasteiger partial charge in [0.1, 0.15) is 0 Å². The zero-order chi connectivity index (χ0) is 3.70. The van der Waals surface area contributed by atoms with Gasteiger partial charge in [-0.3, -0.25) is 0 Å². The SMILES string of the molecule is S=NC1CC1. The van der Waals surface area contributed by atoms with Crippen LogP contribution < -0.4 is 0 Å². The molecule has 0 radical (unpaired) electrons. The van der Waals surface area contributed by atoms with Crippen molar-refractivity contribution in [2.75, 3.05) is 0 Å². The van der Waals surface area contributed by atoms with Crippen LogP contribution in [0.4, 0.5) is 0 Å². The lowest BCUT2D eigenvalue weighted by molar-refractivity contribution is 1.10. The van der Waals surface area contributed by atoms with Crippen molar-refractivity contribution in [3.05, 3.63) is 0 Å². The van der Waals surface area contributed by atoms with E-state index in [1.807, 2.05) is 0 Å². The van der Waals surface area contributed by atoms with Gasteiger partial charge in [0.2, 0.25) is 0 Å². The van der Waals surface area contributed by atoms with Crippen LogP contribution in [0.25, 0.3) is 0 Å². The molecular formula is C3H5NS. The van der Waals surface area contributed by atoms with Gasteiger partial charge < -0.3 is 0 Å². The third kappa shape index (κ3) is 0.651. The highest BCUT2D eigenvalue weighted by Gasteiger charge is 2.18. The monoisotopic (exact) mass is 87.0 g/mol. The fourth-order valence-corrected chi connectivity index (χ4v) is 0.391. The van der Waals surface area contributed by atoms with Gasteiger partial charge in [-0.1, -0.05) is 0 Å². The fourth-order valence-electron chi connectivity index (χ4n) is 0.180. The summed E-state index contributed by atoms with van der Waals surface area (Å²) in [6, 6.07) is 0.574. The van der Waals surface area contributed by atoms with E-state index in [1.54, 1.807) is 0 Å². The highest BCUT2D eigenvalue weighted by molar-refractivity contribution is 7.47. The molecule has 0 aromatic rings. The maximum absolute atomic E-state index is 4.36. The Morgan fingerprint density at radius 1 is 1.60 bits per heavy atom. The van der Waals surface area contributed by atoms with E-state index in [0.29, 0.717) is 6.04 Å². The fraction of sp³-hybridized carbons (Fsp3) is 1.00. The predicted octanol–water partition coefficient (Wildman–Crippen LogP) is 0.879. The second-order valence-electron chi connectivity index (χ2n) is 1.34. The topological polar surface area (TPSA) is 12.4 Å². The molecule has 0 amide bonds. The molecule has 0 aromatic carbocycles. The first-order valence-corrected chi connectivity index (χ1v) is 2.12. The Balaban J connectivity index is 2.21. The van der Waals surface area contributed by atoms with Crippen LogP contribution in [0, 0.1) is 0 Å². The van der Waals surface area contributed by atoms with Crippen LogP contribution in [0.5, 0.6) is 0 Å². The summed E-state index contributed by atoms with van der Waals surface area (Å²) in [5.41, 5.74) is 0. The van der Waals surface area contributed by atoms with Crippen LogP contribution in [-0.2, 0) is 12.4 Å². The molecule has 2 heteroatoms. The maximum Gasteiger partial charge on any atom is 0.0632 e. The molecule has 1 aliphatic carbocycles. The van der Waals surface area contributed by atoms with Gasteiger partial charge in [-0.05, 0) is 12.8 Å². The zero-order valence-electron chi connectivity index (χ0n) is 2.85. The van der Waals surface area contributed by atoms with Crippen LogP contribution in [0.1, 0.15) is 12.8 Å². The van der Waals surface area contributed by atoms with Crippen molar-refractivity contribution in [2.24, 2.45) is 4.36 Å². The van der Waals surface area contributed by atoms with Crippen LogP contribution in [0.3, 0.4) is 0 Å². The predicted molar refractivity (Wildman–Crippen MR) is 22.8 cm³/mol. The summed E-state index contributed by atoms with van der Waals surface area (Å²) in [5, 5.41) is 0. The maximum atomic E-state index is 4.36. The second kappa shape index (κ2) is 1.01. The number of hydrogen-bond donors (Lipinski definition) is 0. The lowest BCUT2D eigenvalue weighted by Gasteiger charge is -1.62. The lowest BCUT2D eigenvalue weighted by atomic mass is 10.8. The van der Waals surface area contributed by atoms with E-state index in [1.165, 1.54) is 12.8 Å². The standard InChI is InChI=1S/C3H5NS/c5-4-3-1-2-3/h3H,1-2H2. The minimum Gasteiger partial charge on any atom is -0.216 e. The highest BCUT2D eigenvalue weighted by Crippen LogP contribution is 2.22. The number of nitrogens with zero attached hydrogens (tertiary/aromatic N) is 1. The molecule has 0 heterocycles. The van der Waals surface area contributed by atoms with Crippen LogP contribution in [0.2, 0.25) is 0 Å². The number of rotatable bonds is 1. The Labute approximate surface area is 36.6 Å². The summed E-state index contributed by atoms with van der Waals surface area (Å²) in [6.45, 7) is 0. The summed E-state index contributed by atoms with van der Waals surface area (Å²) in [7, 11) is 0. The molecule has 0 aromatic heterocycles. The van der Waals surface area contributed by atoms with Gasteiger partial charge in [-0.25, -0.2) is 4.36 Å². The van der Waals surface area contributed by atoms with Crippen molar-refractivity contribution in [3.63, 3.8) is 0 Å². The van der Waals surface area contributed by atoms with Crippen molar-refractivity contribution in [2.45, 2.75) is 18.9 Å². The Hall–Kier alpha value is 0.0200. The summed E-state index contributed by atoms with van der Waals surface area (Å²) < 4.78 is 3.58. The van der Waals surface area contributed by atoms with E-state index >= 15 is 0 Å². The minimum atomic E-state index is 0.574. The Bertz CT molecular complexity index is 48.9. The van der Waals surface area contributed by atoms with Gasteiger partial charge in [0.05, 0.1) is 6.04 Å². The van der Waals surface area contributed by atoms with E-state index in [4.69, 9.17) is 0 Å². The minimum absolute atomic E-state index is 0.574. The molecule has 1 aliphatic rings. The molecule has 0 spiro atoms. The molecule has 5 heavy (non-hydrogen) atoms.